The molecule has 0 aromatic heterocycles. The first-order valence-electron chi connectivity index (χ1n) is 7.01. The van der Waals surface area contributed by atoms with Gasteiger partial charge in [-0.3, -0.25) is 0 Å². The highest BCUT2D eigenvalue weighted by Crippen LogP contribution is 2.06. The Morgan fingerprint density at radius 1 is 1.06 bits per heavy atom. The normalized spacial score (nSPS) is 15.0. The van der Waals surface area contributed by atoms with Crippen molar-refractivity contribution in [3.05, 3.63) is 0 Å². The van der Waals surface area contributed by atoms with Crippen LogP contribution in [0.4, 0.5) is 0 Å². The van der Waals surface area contributed by atoms with E-state index in [0.717, 1.165) is 25.7 Å². The van der Waals surface area contributed by atoms with Crippen molar-refractivity contribution in [2.45, 2.75) is 65.8 Å². The van der Waals surface area contributed by atoms with Crippen molar-refractivity contribution in [1.82, 2.24) is 5.32 Å². The maximum atomic E-state index is 5.67. The lowest BCUT2D eigenvalue weighted by atomic mass is 10.1. The van der Waals surface area contributed by atoms with Gasteiger partial charge in [0.05, 0.1) is 0 Å². The Morgan fingerprint density at radius 3 is 2.44 bits per heavy atom. The molecule has 0 aromatic carbocycles. The summed E-state index contributed by atoms with van der Waals surface area (Å²) < 4.78 is 5.67. The van der Waals surface area contributed by atoms with Crippen LogP contribution in [0.5, 0.6) is 0 Å². The molecular weight excluding hydrogens is 198 g/mol. The van der Waals surface area contributed by atoms with Gasteiger partial charge < -0.3 is 10.1 Å². The first-order valence-corrected chi connectivity index (χ1v) is 7.01. The van der Waals surface area contributed by atoms with Crippen LogP contribution in [-0.4, -0.2) is 25.8 Å². The molecule has 0 saturated carbocycles. The van der Waals surface area contributed by atoms with Gasteiger partial charge in [0, 0.05) is 19.3 Å². The minimum Gasteiger partial charge on any atom is -0.381 e. The van der Waals surface area contributed by atoms with E-state index in [1.165, 1.54) is 32.1 Å². The third-order valence-corrected chi connectivity index (χ3v) is 2.91. The maximum Gasteiger partial charge on any atom is 0.0491 e. The van der Waals surface area contributed by atoms with E-state index in [9.17, 15) is 0 Å². The van der Waals surface area contributed by atoms with Crippen LogP contribution in [0, 0.1) is 5.92 Å². The summed E-state index contributed by atoms with van der Waals surface area (Å²) in [6.07, 6.45) is 6.30. The van der Waals surface area contributed by atoms with E-state index in [2.05, 4.69) is 33.0 Å². The standard InChI is InChI=1S/C14H31NO/c1-5-9-13(3)12-16-11-8-7-10-14(4)15-6-2/h13-15H,5-12H2,1-4H3. The molecule has 2 unspecified atom stereocenters. The fraction of sp³-hybridized carbons (Fsp3) is 1.00. The summed E-state index contributed by atoms with van der Waals surface area (Å²) in [5, 5.41) is 3.43. The number of ether oxygens (including phenoxy) is 1. The molecule has 0 heterocycles. The molecule has 0 bridgehead atoms. The van der Waals surface area contributed by atoms with Gasteiger partial charge in [0.25, 0.3) is 0 Å². The van der Waals surface area contributed by atoms with Crippen LogP contribution in [0.25, 0.3) is 0 Å². The van der Waals surface area contributed by atoms with Gasteiger partial charge >= 0.3 is 0 Å². The highest BCUT2D eigenvalue weighted by molar-refractivity contribution is 4.58. The lowest BCUT2D eigenvalue weighted by molar-refractivity contribution is 0.0980. The minimum absolute atomic E-state index is 0.656. The molecule has 0 fully saturated rings. The molecule has 0 aliphatic carbocycles. The average Bonchev–Trinajstić information content (AvgIpc) is 2.24. The Hall–Kier alpha value is -0.0800. The summed E-state index contributed by atoms with van der Waals surface area (Å²) in [7, 11) is 0. The van der Waals surface area contributed by atoms with E-state index in [1.807, 2.05) is 0 Å². The lowest BCUT2D eigenvalue weighted by Gasteiger charge is -2.13. The van der Waals surface area contributed by atoms with Gasteiger partial charge in [-0.25, -0.2) is 0 Å². The fourth-order valence-electron chi connectivity index (χ4n) is 1.97. The molecule has 0 spiro atoms. The molecule has 0 radical (unpaired) electrons. The summed E-state index contributed by atoms with van der Waals surface area (Å²) in [6.45, 7) is 11.9. The van der Waals surface area contributed by atoms with Crippen molar-refractivity contribution >= 4 is 0 Å². The van der Waals surface area contributed by atoms with Crippen LogP contribution in [0.3, 0.4) is 0 Å². The first-order chi connectivity index (χ1) is 7.70. The Morgan fingerprint density at radius 2 is 1.81 bits per heavy atom. The largest absolute Gasteiger partial charge is 0.381 e. The molecule has 16 heavy (non-hydrogen) atoms. The fourth-order valence-corrected chi connectivity index (χ4v) is 1.97. The molecule has 0 saturated heterocycles. The Labute approximate surface area is 102 Å². The molecule has 98 valence electrons. The van der Waals surface area contributed by atoms with E-state index < -0.39 is 0 Å². The second-order valence-corrected chi connectivity index (χ2v) is 4.92. The van der Waals surface area contributed by atoms with Crippen LogP contribution in [0.1, 0.15) is 59.8 Å². The molecule has 0 aromatic rings. The van der Waals surface area contributed by atoms with Gasteiger partial charge in [0.2, 0.25) is 0 Å². The predicted octanol–water partition coefficient (Wildman–Crippen LogP) is 3.61. The van der Waals surface area contributed by atoms with Crippen LogP contribution in [0.15, 0.2) is 0 Å². The van der Waals surface area contributed by atoms with E-state index in [-0.39, 0.29) is 0 Å². The van der Waals surface area contributed by atoms with Crippen LogP contribution < -0.4 is 5.32 Å². The molecule has 0 aliphatic rings. The molecule has 2 heteroatoms. The average molecular weight is 229 g/mol. The summed E-state index contributed by atoms with van der Waals surface area (Å²) in [5.41, 5.74) is 0. The Kier molecular flexibility index (Phi) is 11.3. The zero-order valence-electron chi connectivity index (χ0n) is 11.7. The maximum absolute atomic E-state index is 5.67. The molecule has 2 nitrogen and oxygen atoms in total. The third kappa shape index (κ3) is 10.4. The van der Waals surface area contributed by atoms with E-state index in [0.29, 0.717) is 6.04 Å². The predicted molar refractivity (Wildman–Crippen MR) is 71.9 cm³/mol. The number of nitrogens with one attached hydrogen (secondary N) is 1. The van der Waals surface area contributed by atoms with Crippen molar-refractivity contribution in [2.75, 3.05) is 19.8 Å². The molecule has 0 rings (SSSR count). The number of rotatable bonds is 11. The van der Waals surface area contributed by atoms with Crippen molar-refractivity contribution in [3.63, 3.8) is 0 Å². The number of unbranched alkanes of at least 4 members (excludes halogenated alkanes) is 1. The second kappa shape index (κ2) is 11.4. The summed E-state index contributed by atoms with van der Waals surface area (Å²) in [5.74, 6) is 0.727. The lowest BCUT2D eigenvalue weighted by Crippen LogP contribution is -2.25. The quantitative estimate of drug-likeness (QED) is 0.547. The Bertz CT molecular complexity index is 123. The summed E-state index contributed by atoms with van der Waals surface area (Å²) in [4.78, 5) is 0. The van der Waals surface area contributed by atoms with Gasteiger partial charge in [-0.05, 0) is 45.1 Å². The number of hydrogen-bond acceptors (Lipinski definition) is 2. The third-order valence-electron chi connectivity index (χ3n) is 2.91. The van der Waals surface area contributed by atoms with Crippen molar-refractivity contribution in [3.8, 4) is 0 Å². The van der Waals surface area contributed by atoms with Crippen LogP contribution >= 0.6 is 0 Å². The highest BCUT2D eigenvalue weighted by Gasteiger charge is 2.01. The SMILES string of the molecule is CCCC(C)COCCCCC(C)NCC. The smallest absolute Gasteiger partial charge is 0.0491 e. The highest BCUT2D eigenvalue weighted by atomic mass is 16.5. The van der Waals surface area contributed by atoms with Crippen molar-refractivity contribution in [1.29, 1.82) is 0 Å². The second-order valence-electron chi connectivity index (χ2n) is 4.92. The summed E-state index contributed by atoms with van der Waals surface area (Å²) >= 11 is 0. The van der Waals surface area contributed by atoms with E-state index in [4.69, 9.17) is 4.74 Å². The van der Waals surface area contributed by atoms with Gasteiger partial charge in [0.15, 0.2) is 0 Å². The van der Waals surface area contributed by atoms with Gasteiger partial charge in [-0.15, -0.1) is 0 Å². The van der Waals surface area contributed by atoms with Crippen molar-refractivity contribution < 1.29 is 4.74 Å². The van der Waals surface area contributed by atoms with Gasteiger partial charge in [0.1, 0.15) is 0 Å². The van der Waals surface area contributed by atoms with E-state index >= 15 is 0 Å². The molecule has 0 aliphatic heterocycles. The topological polar surface area (TPSA) is 21.3 Å². The minimum atomic E-state index is 0.656. The van der Waals surface area contributed by atoms with Gasteiger partial charge in [-0.1, -0.05) is 27.2 Å². The summed E-state index contributed by atoms with van der Waals surface area (Å²) in [6, 6.07) is 0.656. The zero-order chi connectivity index (χ0) is 12.2. The van der Waals surface area contributed by atoms with E-state index in [1.54, 1.807) is 0 Å². The Balaban J connectivity index is 3.15. The zero-order valence-corrected chi connectivity index (χ0v) is 11.7. The van der Waals surface area contributed by atoms with Crippen LogP contribution in [0.2, 0.25) is 0 Å². The molecule has 1 N–H and O–H groups in total. The number of hydrogen-bond donors (Lipinski definition) is 1. The van der Waals surface area contributed by atoms with Gasteiger partial charge in [-0.2, -0.15) is 0 Å². The first kappa shape index (κ1) is 15.9. The van der Waals surface area contributed by atoms with Crippen molar-refractivity contribution in [2.24, 2.45) is 5.92 Å². The molecule has 0 amide bonds. The monoisotopic (exact) mass is 229 g/mol. The molecule has 2 atom stereocenters. The molecular formula is C14H31NO. The van der Waals surface area contributed by atoms with Crippen LogP contribution in [-0.2, 0) is 4.74 Å².